The summed E-state index contributed by atoms with van der Waals surface area (Å²) < 4.78 is 32.3. The smallest absolute Gasteiger partial charge is 0.145 e. The number of methoxy groups -OCH3 is 1. The fourth-order valence-corrected chi connectivity index (χ4v) is 2.13. The molecule has 0 N–H and O–H groups in total. The molecule has 0 saturated heterocycles. The topological polar surface area (TPSA) is 33.0 Å². The fraction of sp³-hybridized carbons (Fsp3) is 0.167. The summed E-state index contributed by atoms with van der Waals surface area (Å²) in [6.45, 7) is 3.78. The number of benzene rings is 2. The highest BCUT2D eigenvalue weighted by Gasteiger charge is 2.09. The van der Waals surface area contributed by atoms with E-state index >= 15 is 0 Å². The van der Waals surface area contributed by atoms with Crippen LogP contribution in [-0.2, 0) is 0 Å². The van der Waals surface area contributed by atoms with E-state index in [0.29, 0.717) is 0 Å². The minimum absolute atomic E-state index is 0.184. The molecule has 0 spiro atoms. The first kappa shape index (κ1) is 15.5. The Kier molecular flexibility index (Phi) is 4.44. The van der Waals surface area contributed by atoms with E-state index in [0.717, 1.165) is 34.6 Å². The molecule has 4 heteroatoms. The zero-order valence-electron chi connectivity index (χ0n) is 12.4. The summed E-state index contributed by atoms with van der Waals surface area (Å²) in [5.41, 5.74) is 2.20. The van der Waals surface area contributed by atoms with Crippen molar-refractivity contribution in [2.24, 2.45) is 0 Å². The Morgan fingerprint density at radius 1 is 0.909 bits per heavy atom. The Morgan fingerprint density at radius 2 is 1.45 bits per heavy atom. The number of rotatable bonds is 1. The Morgan fingerprint density at radius 3 is 1.91 bits per heavy atom. The van der Waals surface area contributed by atoms with E-state index in [2.05, 4.69) is 11.8 Å². The Balaban J connectivity index is 2.46. The highest BCUT2D eigenvalue weighted by Crippen LogP contribution is 2.21. The van der Waals surface area contributed by atoms with Gasteiger partial charge in [-0.25, -0.2) is 8.78 Å². The molecule has 0 saturated carbocycles. The lowest BCUT2D eigenvalue weighted by Gasteiger charge is -2.07. The van der Waals surface area contributed by atoms with Crippen LogP contribution in [0, 0.1) is 48.7 Å². The number of hydrogen-bond donors (Lipinski definition) is 0. The van der Waals surface area contributed by atoms with Crippen LogP contribution in [0.15, 0.2) is 24.3 Å². The molecule has 2 aromatic carbocycles. The van der Waals surface area contributed by atoms with Crippen LogP contribution >= 0.6 is 0 Å². The standard InChI is InChI=1S/C18H13F2NO/c1-11-6-14(22-3)7-12(2)15(11)5-4-13-8-17(19)16(10-21)18(20)9-13/h6-9H,1-3H3. The van der Waals surface area contributed by atoms with Gasteiger partial charge in [0, 0.05) is 11.1 Å². The van der Waals surface area contributed by atoms with E-state index in [1.54, 1.807) is 7.11 Å². The van der Waals surface area contributed by atoms with Gasteiger partial charge in [-0.3, -0.25) is 0 Å². The second-order valence-electron chi connectivity index (χ2n) is 4.81. The van der Waals surface area contributed by atoms with Crippen molar-refractivity contribution in [1.29, 1.82) is 5.26 Å². The zero-order chi connectivity index (χ0) is 16.3. The molecule has 0 radical (unpaired) electrons. The van der Waals surface area contributed by atoms with E-state index in [9.17, 15) is 8.78 Å². The van der Waals surface area contributed by atoms with Gasteiger partial charge in [0.2, 0.25) is 0 Å². The molecular formula is C18H13F2NO. The summed E-state index contributed by atoms with van der Waals surface area (Å²) in [6, 6.07) is 7.29. The van der Waals surface area contributed by atoms with Crippen LogP contribution in [0.4, 0.5) is 8.78 Å². The average Bonchev–Trinajstić information content (AvgIpc) is 2.45. The van der Waals surface area contributed by atoms with Crippen molar-refractivity contribution in [3.8, 4) is 23.7 Å². The van der Waals surface area contributed by atoms with Crippen molar-refractivity contribution in [3.63, 3.8) is 0 Å². The van der Waals surface area contributed by atoms with Crippen LogP contribution in [0.1, 0.15) is 27.8 Å². The lowest BCUT2D eigenvalue weighted by Crippen LogP contribution is -1.93. The monoisotopic (exact) mass is 297 g/mol. The summed E-state index contributed by atoms with van der Waals surface area (Å²) in [4.78, 5) is 0. The summed E-state index contributed by atoms with van der Waals surface area (Å²) >= 11 is 0. The van der Waals surface area contributed by atoms with Crippen LogP contribution in [0.2, 0.25) is 0 Å². The molecule has 0 aromatic heterocycles. The fourth-order valence-electron chi connectivity index (χ4n) is 2.13. The molecule has 110 valence electrons. The summed E-state index contributed by atoms with van der Waals surface area (Å²) in [5, 5.41) is 8.64. The van der Waals surface area contributed by atoms with Gasteiger partial charge in [0.15, 0.2) is 0 Å². The maximum absolute atomic E-state index is 13.5. The molecule has 0 unspecified atom stereocenters. The number of ether oxygens (including phenoxy) is 1. The molecule has 0 bridgehead atoms. The van der Waals surface area contributed by atoms with Gasteiger partial charge in [-0.05, 0) is 49.2 Å². The molecule has 0 amide bonds. The van der Waals surface area contributed by atoms with Crippen molar-refractivity contribution < 1.29 is 13.5 Å². The summed E-state index contributed by atoms with van der Waals surface area (Å²) in [6.07, 6.45) is 0. The quantitative estimate of drug-likeness (QED) is 0.749. The van der Waals surface area contributed by atoms with Gasteiger partial charge in [0.25, 0.3) is 0 Å². The van der Waals surface area contributed by atoms with Gasteiger partial charge in [-0.15, -0.1) is 0 Å². The number of nitrogens with zero attached hydrogens (tertiary/aromatic N) is 1. The number of nitriles is 1. The van der Waals surface area contributed by atoms with Gasteiger partial charge in [0.1, 0.15) is 29.0 Å². The largest absolute Gasteiger partial charge is 0.497 e. The van der Waals surface area contributed by atoms with Crippen molar-refractivity contribution in [2.45, 2.75) is 13.8 Å². The van der Waals surface area contributed by atoms with E-state index in [4.69, 9.17) is 10.00 Å². The molecule has 0 heterocycles. The lowest BCUT2D eigenvalue weighted by atomic mass is 10.0. The number of hydrogen-bond acceptors (Lipinski definition) is 2. The normalized spacial score (nSPS) is 9.64. The molecule has 0 aliphatic rings. The van der Waals surface area contributed by atoms with E-state index in [1.165, 1.54) is 6.07 Å². The van der Waals surface area contributed by atoms with Gasteiger partial charge < -0.3 is 4.74 Å². The van der Waals surface area contributed by atoms with Crippen molar-refractivity contribution in [2.75, 3.05) is 7.11 Å². The third-order valence-corrected chi connectivity index (χ3v) is 3.23. The second-order valence-corrected chi connectivity index (χ2v) is 4.81. The molecule has 2 rings (SSSR count). The van der Waals surface area contributed by atoms with Crippen LogP contribution in [0.3, 0.4) is 0 Å². The van der Waals surface area contributed by atoms with Crippen LogP contribution in [-0.4, -0.2) is 7.11 Å². The van der Waals surface area contributed by atoms with Crippen LogP contribution in [0.25, 0.3) is 0 Å². The molecule has 22 heavy (non-hydrogen) atoms. The first-order chi connectivity index (χ1) is 10.5. The average molecular weight is 297 g/mol. The van der Waals surface area contributed by atoms with Crippen LogP contribution in [0.5, 0.6) is 5.75 Å². The predicted molar refractivity (Wildman–Crippen MR) is 79.5 cm³/mol. The van der Waals surface area contributed by atoms with Gasteiger partial charge >= 0.3 is 0 Å². The Bertz CT molecular complexity index is 792. The zero-order valence-corrected chi connectivity index (χ0v) is 12.4. The molecule has 0 aliphatic carbocycles. The lowest BCUT2D eigenvalue weighted by molar-refractivity contribution is 0.414. The molecule has 0 fully saturated rings. The Labute approximate surface area is 128 Å². The van der Waals surface area contributed by atoms with E-state index in [1.807, 2.05) is 26.0 Å². The molecule has 0 aliphatic heterocycles. The first-order valence-electron chi connectivity index (χ1n) is 6.52. The second kappa shape index (κ2) is 6.28. The highest BCUT2D eigenvalue weighted by atomic mass is 19.1. The van der Waals surface area contributed by atoms with Crippen LogP contribution < -0.4 is 4.74 Å². The molecule has 0 atom stereocenters. The van der Waals surface area contributed by atoms with Gasteiger partial charge in [-0.1, -0.05) is 11.8 Å². The number of halogens is 2. The maximum atomic E-state index is 13.5. The van der Waals surface area contributed by atoms with Crippen molar-refractivity contribution in [1.82, 2.24) is 0 Å². The predicted octanol–water partition coefficient (Wildman–Crippen LogP) is 3.86. The van der Waals surface area contributed by atoms with E-state index in [-0.39, 0.29) is 5.56 Å². The maximum Gasteiger partial charge on any atom is 0.145 e. The molecular weight excluding hydrogens is 284 g/mol. The minimum atomic E-state index is -0.907. The Hall–Kier alpha value is -2.85. The first-order valence-corrected chi connectivity index (χ1v) is 6.52. The number of aryl methyl sites for hydroxylation is 2. The summed E-state index contributed by atoms with van der Waals surface area (Å²) in [7, 11) is 1.59. The van der Waals surface area contributed by atoms with Crippen molar-refractivity contribution >= 4 is 0 Å². The molecule has 2 aromatic rings. The van der Waals surface area contributed by atoms with Gasteiger partial charge in [0.05, 0.1) is 7.11 Å². The minimum Gasteiger partial charge on any atom is -0.497 e. The van der Waals surface area contributed by atoms with Crippen molar-refractivity contribution in [3.05, 3.63) is 63.7 Å². The third kappa shape index (κ3) is 3.07. The molecule has 2 nitrogen and oxygen atoms in total. The van der Waals surface area contributed by atoms with E-state index < -0.39 is 17.2 Å². The SMILES string of the molecule is COc1cc(C)c(C#Cc2cc(F)c(C#N)c(F)c2)c(C)c1. The third-order valence-electron chi connectivity index (χ3n) is 3.23. The summed E-state index contributed by atoms with van der Waals surface area (Å²) in [5.74, 6) is 4.57. The highest BCUT2D eigenvalue weighted by molar-refractivity contribution is 5.53. The van der Waals surface area contributed by atoms with Gasteiger partial charge in [-0.2, -0.15) is 5.26 Å².